The average Bonchev–Trinajstić information content (AvgIpc) is 2.82. The van der Waals surface area contributed by atoms with E-state index in [0.29, 0.717) is 11.4 Å². The predicted molar refractivity (Wildman–Crippen MR) is 63.2 cm³/mol. The zero-order valence-corrected chi connectivity index (χ0v) is 9.38. The summed E-state index contributed by atoms with van der Waals surface area (Å²) < 4.78 is 5.20. The Hall–Kier alpha value is -2.30. The summed E-state index contributed by atoms with van der Waals surface area (Å²) in [5.74, 6) is 0.375. The molecule has 0 aromatic carbocycles. The van der Waals surface area contributed by atoms with Crippen molar-refractivity contribution in [1.29, 1.82) is 0 Å². The molecule has 3 N–H and O–H groups in total. The quantitative estimate of drug-likeness (QED) is 0.843. The molecule has 0 radical (unpaired) electrons. The number of nitrogen functional groups attached to an aromatic ring is 1. The Morgan fingerprint density at radius 3 is 2.94 bits per heavy atom. The van der Waals surface area contributed by atoms with Crippen molar-refractivity contribution in [2.75, 3.05) is 5.73 Å². The average molecular weight is 231 g/mol. The molecule has 0 saturated carbocycles. The number of nitrogens with zero attached hydrogens (tertiary/aromatic N) is 1. The third-order valence-corrected chi connectivity index (χ3v) is 2.37. The summed E-state index contributed by atoms with van der Waals surface area (Å²) in [4.78, 5) is 15.8. The number of pyridine rings is 1. The Morgan fingerprint density at radius 1 is 1.47 bits per heavy atom. The summed E-state index contributed by atoms with van der Waals surface area (Å²) in [5.41, 5.74) is 6.25. The number of aromatic nitrogens is 1. The highest BCUT2D eigenvalue weighted by molar-refractivity contribution is 5.97. The van der Waals surface area contributed by atoms with E-state index in [9.17, 15) is 4.79 Å². The van der Waals surface area contributed by atoms with Crippen LogP contribution in [0.3, 0.4) is 0 Å². The normalized spacial score (nSPS) is 12.1. The monoisotopic (exact) mass is 231 g/mol. The van der Waals surface area contributed by atoms with Crippen molar-refractivity contribution in [2.24, 2.45) is 0 Å². The van der Waals surface area contributed by atoms with Crippen molar-refractivity contribution >= 4 is 11.6 Å². The molecule has 2 aromatic rings. The molecular formula is C12H13N3O2. The summed E-state index contributed by atoms with van der Waals surface area (Å²) in [7, 11) is 0. The summed E-state index contributed by atoms with van der Waals surface area (Å²) in [6.45, 7) is 1.83. The van der Waals surface area contributed by atoms with Gasteiger partial charge in [-0.2, -0.15) is 0 Å². The number of hydrogen-bond donors (Lipinski definition) is 2. The molecular weight excluding hydrogens is 218 g/mol. The molecule has 1 atom stereocenters. The number of carbonyl (C=O) groups excluding carboxylic acids is 1. The fourth-order valence-electron chi connectivity index (χ4n) is 1.48. The van der Waals surface area contributed by atoms with Gasteiger partial charge in [-0.25, -0.2) is 4.98 Å². The lowest BCUT2D eigenvalue weighted by Gasteiger charge is -2.11. The van der Waals surface area contributed by atoms with E-state index < -0.39 is 0 Å². The van der Waals surface area contributed by atoms with Gasteiger partial charge in [0.1, 0.15) is 5.76 Å². The zero-order valence-electron chi connectivity index (χ0n) is 9.38. The Balaban J connectivity index is 2.10. The first-order valence-electron chi connectivity index (χ1n) is 5.23. The predicted octanol–water partition coefficient (Wildman–Crippen LogP) is 1.75. The van der Waals surface area contributed by atoms with E-state index in [2.05, 4.69) is 10.3 Å². The lowest BCUT2D eigenvalue weighted by atomic mass is 10.2. The Labute approximate surface area is 98.6 Å². The van der Waals surface area contributed by atoms with E-state index in [-0.39, 0.29) is 17.6 Å². The minimum Gasteiger partial charge on any atom is -0.467 e. The zero-order chi connectivity index (χ0) is 12.3. The van der Waals surface area contributed by atoms with Crippen LogP contribution in [0.25, 0.3) is 0 Å². The van der Waals surface area contributed by atoms with Crippen molar-refractivity contribution in [3.8, 4) is 0 Å². The largest absolute Gasteiger partial charge is 0.467 e. The van der Waals surface area contributed by atoms with Gasteiger partial charge in [-0.15, -0.1) is 0 Å². The van der Waals surface area contributed by atoms with E-state index in [1.54, 1.807) is 30.5 Å². The van der Waals surface area contributed by atoms with E-state index in [0.717, 1.165) is 0 Å². The maximum absolute atomic E-state index is 11.9. The third kappa shape index (κ3) is 2.44. The molecule has 2 rings (SSSR count). The second-order valence-corrected chi connectivity index (χ2v) is 3.65. The number of hydrogen-bond acceptors (Lipinski definition) is 4. The lowest BCUT2D eigenvalue weighted by molar-refractivity contribution is 0.0931. The first kappa shape index (κ1) is 11.2. The van der Waals surface area contributed by atoms with Gasteiger partial charge in [0.15, 0.2) is 5.69 Å². The van der Waals surface area contributed by atoms with Crippen LogP contribution < -0.4 is 11.1 Å². The first-order valence-corrected chi connectivity index (χ1v) is 5.23. The van der Waals surface area contributed by atoms with Crippen molar-refractivity contribution in [3.05, 3.63) is 48.2 Å². The molecule has 0 fully saturated rings. The lowest BCUT2D eigenvalue weighted by Crippen LogP contribution is -2.27. The van der Waals surface area contributed by atoms with Crippen LogP contribution >= 0.6 is 0 Å². The molecule has 5 nitrogen and oxygen atoms in total. The van der Waals surface area contributed by atoms with Gasteiger partial charge < -0.3 is 15.5 Å². The second-order valence-electron chi connectivity index (χ2n) is 3.65. The topological polar surface area (TPSA) is 81.2 Å². The smallest absolute Gasteiger partial charge is 0.272 e. The van der Waals surface area contributed by atoms with Gasteiger partial charge in [0.05, 0.1) is 18.0 Å². The van der Waals surface area contributed by atoms with Crippen molar-refractivity contribution in [2.45, 2.75) is 13.0 Å². The minimum atomic E-state index is -0.313. The van der Waals surface area contributed by atoms with Crippen molar-refractivity contribution in [3.63, 3.8) is 0 Å². The van der Waals surface area contributed by atoms with Crippen LogP contribution in [0.2, 0.25) is 0 Å². The number of amides is 1. The minimum absolute atomic E-state index is 0.223. The molecule has 1 amide bonds. The van der Waals surface area contributed by atoms with E-state index >= 15 is 0 Å². The molecule has 1 unspecified atom stereocenters. The van der Waals surface area contributed by atoms with Gasteiger partial charge in [0.25, 0.3) is 5.91 Å². The number of nitrogens with one attached hydrogen (secondary N) is 1. The van der Waals surface area contributed by atoms with Crippen LogP contribution in [-0.4, -0.2) is 10.9 Å². The van der Waals surface area contributed by atoms with Crippen molar-refractivity contribution in [1.82, 2.24) is 10.3 Å². The molecule has 88 valence electrons. The van der Waals surface area contributed by atoms with E-state index in [1.165, 1.54) is 6.20 Å². The maximum atomic E-state index is 11.9. The van der Waals surface area contributed by atoms with Gasteiger partial charge in [-0.3, -0.25) is 4.79 Å². The Morgan fingerprint density at radius 2 is 2.29 bits per heavy atom. The van der Waals surface area contributed by atoms with Gasteiger partial charge in [0.2, 0.25) is 0 Å². The van der Waals surface area contributed by atoms with Crippen LogP contribution in [0.1, 0.15) is 29.2 Å². The van der Waals surface area contributed by atoms with E-state index in [4.69, 9.17) is 10.2 Å². The first-order chi connectivity index (χ1) is 8.18. The third-order valence-electron chi connectivity index (χ3n) is 2.37. The molecule has 0 aliphatic carbocycles. The van der Waals surface area contributed by atoms with Crippen LogP contribution in [0.4, 0.5) is 5.69 Å². The van der Waals surface area contributed by atoms with Crippen LogP contribution in [-0.2, 0) is 0 Å². The molecule has 0 bridgehead atoms. The number of rotatable bonds is 3. The molecule has 0 spiro atoms. The maximum Gasteiger partial charge on any atom is 0.272 e. The summed E-state index contributed by atoms with van der Waals surface area (Å²) in [5, 5.41) is 2.76. The molecule has 5 heteroatoms. The molecule has 0 aliphatic rings. The van der Waals surface area contributed by atoms with Gasteiger partial charge in [0, 0.05) is 6.20 Å². The molecule has 2 aromatic heterocycles. The Bertz CT molecular complexity index is 508. The highest BCUT2D eigenvalue weighted by Crippen LogP contribution is 2.14. The molecule has 17 heavy (non-hydrogen) atoms. The summed E-state index contributed by atoms with van der Waals surface area (Å²) >= 11 is 0. The summed E-state index contributed by atoms with van der Waals surface area (Å²) in [6, 6.07) is 6.67. The van der Waals surface area contributed by atoms with Crippen LogP contribution in [0.15, 0.2) is 41.1 Å². The number of nitrogens with two attached hydrogens (primary N) is 1. The SMILES string of the molecule is CC(NC(=O)c1ncccc1N)c1ccco1. The van der Waals surface area contributed by atoms with E-state index in [1.807, 2.05) is 6.92 Å². The van der Waals surface area contributed by atoms with Crippen LogP contribution in [0.5, 0.6) is 0 Å². The molecule has 0 saturated heterocycles. The van der Waals surface area contributed by atoms with Gasteiger partial charge in [-0.05, 0) is 31.2 Å². The standard InChI is InChI=1S/C12H13N3O2/c1-8(10-5-3-7-17-10)15-12(16)11-9(13)4-2-6-14-11/h2-8H,13H2,1H3,(H,15,16). The highest BCUT2D eigenvalue weighted by atomic mass is 16.3. The van der Waals surface area contributed by atoms with Crippen LogP contribution in [0, 0.1) is 0 Å². The van der Waals surface area contributed by atoms with Gasteiger partial charge in [-0.1, -0.05) is 0 Å². The number of anilines is 1. The Kier molecular flexibility index (Phi) is 3.09. The second kappa shape index (κ2) is 4.69. The highest BCUT2D eigenvalue weighted by Gasteiger charge is 2.15. The summed E-state index contributed by atoms with van der Waals surface area (Å²) in [6.07, 6.45) is 3.09. The molecule has 0 aliphatic heterocycles. The molecule has 2 heterocycles. The number of carbonyl (C=O) groups is 1. The van der Waals surface area contributed by atoms with Gasteiger partial charge >= 0.3 is 0 Å². The fraction of sp³-hybridized carbons (Fsp3) is 0.167. The number of furan rings is 1. The van der Waals surface area contributed by atoms with Crippen molar-refractivity contribution < 1.29 is 9.21 Å². The fourth-order valence-corrected chi connectivity index (χ4v) is 1.48.